The molecular formula is C37H43Cl2F3N6O2. The number of nitrogens with one attached hydrogen (secondary N) is 2. The fraction of sp³-hybridized carbons (Fsp3) is 0.432. The minimum absolute atomic E-state index is 0.118. The molecule has 0 unspecified atom stereocenters. The fourth-order valence-electron chi connectivity index (χ4n) is 6.93. The summed E-state index contributed by atoms with van der Waals surface area (Å²) in [6, 6.07) is 18.0. The molecule has 0 radical (unpaired) electrons. The Hall–Kier alpha value is -3.32. The molecule has 2 aliphatic heterocycles. The third kappa shape index (κ3) is 9.12. The minimum atomic E-state index is -4.76. The van der Waals surface area contributed by atoms with Gasteiger partial charge in [0, 0.05) is 77.5 Å². The van der Waals surface area contributed by atoms with Crippen LogP contribution in [0, 0.1) is 0 Å². The van der Waals surface area contributed by atoms with Gasteiger partial charge in [-0.1, -0.05) is 47.5 Å². The van der Waals surface area contributed by atoms with Crippen LogP contribution in [0.15, 0.2) is 66.9 Å². The van der Waals surface area contributed by atoms with Gasteiger partial charge in [-0.15, -0.1) is 13.2 Å². The average Bonchev–Trinajstić information content (AvgIpc) is 3.28. The summed E-state index contributed by atoms with van der Waals surface area (Å²) >= 11 is 12.9. The van der Waals surface area contributed by atoms with Gasteiger partial charge in [-0.3, -0.25) is 14.6 Å². The van der Waals surface area contributed by atoms with Crippen molar-refractivity contribution in [3.05, 3.63) is 88.0 Å². The van der Waals surface area contributed by atoms with Crippen LogP contribution in [0.4, 0.5) is 13.2 Å². The topological polar surface area (TPSA) is 87.8 Å². The summed E-state index contributed by atoms with van der Waals surface area (Å²) in [5, 5.41) is 8.64. The molecule has 8 nitrogen and oxygen atoms in total. The number of rotatable bonds is 11. The van der Waals surface area contributed by atoms with Gasteiger partial charge in [0.05, 0.1) is 5.54 Å². The first kappa shape index (κ1) is 36.5. The van der Waals surface area contributed by atoms with Crippen LogP contribution in [0.5, 0.6) is 5.75 Å². The summed E-state index contributed by atoms with van der Waals surface area (Å²) < 4.78 is 44.8. The van der Waals surface area contributed by atoms with E-state index in [-0.39, 0.29) is 11.7 Å². The summed E-state index contributed by atoms with van der Waals surface area (Å²) in [7, 11) is 0. The van der Waals surface area contributed by atoms with E-state index >= 15 is 0 Å². The van der Waals surface area contributed by atoms with Crippen molar-refractivity contribution in [1.82, 2.24) is 25.0 Å². The minimum Gasteiger partial charge on any atom is -0.406 e. The Balaban J connectivity index is 1.17. The molecule has 0 atom stereocenters. The number of amides is 1. The first-order valence-electron chi connectivity index (χ1n) is 17.1. The molecule has 4 N–H and O–H groups in total. The Labute approximate surface area is 300 Å². The third-order valence-corrected chi connectivity index (χ3v) is 10.4. The van der Waals surface area contributed by atoms with Gasteiger partial charge in [0.25, 0.3) is 0 Å². The maximum atomic E-state index is 12.8. The molecule has 2 fully saturated rings. The van der Waals surface area contributed by atoms with Crippen molar-refractivity contribution in [2.45, 2.75) is 57.2 Å². The second kappa shape index (κ2) is 15.9. The number of carbonyl (C=O) groups excluding carboxylic acids is 1. The van der Waals surface area contributed by atoms with Crippen LogP contribution >= 0.6 is 23.2 Å². The Kier molecular flexibility index (Phi) is 11.6. The number of halogens is 5. The smallest absolute Gasteiger partial charge is 0.406 e. The van der Waals surface area contributed by atoms with E-state index < -0.39 is 11.9 Å². The number of fused-ring (bicyclic) bond motifs is 1. The predicted octanol–water partition coefficient (Wildman–Crippen LogP) is 6.81. The number of piperidine rings is 1. The number of aromatic nitrogens is 1. The zero-order valence-corrected chi connectivity index (χ0v) is 29.4. The van der Waals surface area contributed by atoms with Crippen molar-refractivity contribution >= 4 is 40.0 Å². The normalized spacial score (nSPS) is 17.5. The lowest BCUT2D eigenvalue weighted by molar-refractivity contribution is -0.274. The number of hydrogen-bond acceptors (Lipinski definition) is 6. The fourth-order valence-corrected chi connectivity index (χ4v) is 7.44. The van der Waals surface area contributed by atoms with Gasteiger partial charge in [0.1, 0.15) is 5.75 Å². The maximum Gasteiger partial charge on any atom is 0.573 e. The number of ether oxygens (including phenoxy) is 1. The van der Waals surface area contributed by atoms with E-state index in [4.69, 9.17) is 28.9 Å². The maximum absolute atomic E-state index is 12.8. The van der Waals surface area contributed by atoms with E-state index in [0.717, 1.165) is 85.4 Å². The highest BCUT2D eigenvalue weighted by Crippen LogP contribution is 2.34. The summed E-state index contributed by atoms with van der Waals surface area (Å²) in [5.74, 6) is -0.382. The Morgan fingerprint density at radius 2 is 1.62 bits per heavy atom. The Morgan fingerprint density at radius 1 is 0.940 bits per heavy atom. The number of nitrogens with zero attached hydrogens (tertiary/aromatic N) is 3. The van der Waals surface area contributed by atoms with Crippen molar-refractivity contribution < 1.29 is 22.7 Å². The van der Waals surface area contributed by atoms with E-state index in [1.165, 1.54) is 12.1 Å². The van der Waals surface area contributed by atoms with Crippen molar-refractivity contribution in [2.75, 3.05) is 45.8 Å². The number of carbonyl (C=O) groups is 1. The van der Waals surface area contributed by atoms with Crippen LogP contribution in [0.2, 0.25) is 10.0 Å². The average molecular weight is 732 g/mol. The highest BCUT2D eigenvalue weighted by atomic mass is 35.5. The van der Waals surface area contributed by atoms with E-state index in [1.807, 2.05) is 24.4 Å². The first-order chi connectivity index (χ1) is 24.0. The van der Waals surface area contributed by atoms with Gasteiger partial charge in [0.2, 0.25) is 5.91 Å². The van der Waals surface area contributed by atoms with E-state index in [0.29, 0.717) is 48.9 Å². The predicted molar refractivity (Wildman–Crippen MR) is 192 cm³/mol. The van der Waals surface area contributed by atoms with Gasteiger partial charge in [-0.05, 0) is 99.4 Å². The van der Waals surface area contributed by atoms with E-state index in [9.17, 15) is 18.0 Å². The molecule has 3 aromatic carbocycles. The molecule has 50 heavy (non-hydrogen) atoms. The molecule has 268 valence electrons. The summed E-state index contributed by atoms with van der Waals surface area (Å²) in [5.41, 5.74) is 10.4. The zero-order valence-electron chi connectivity index (χ0n) is 27.9. The quantitative estimate of drug-likeness (QED) is 0.147. The largest absolute Gasteiger partial charge is 0.573 e. The van der Waals surface area contributed by atoms with Crippen LogP contribution in [-0.2, 0) is 24.4 Å². The van der Waals surface area contributed by atoms with Gasteiger partial charge in [0.15, 0.2) is 0 Å². The van der Waals surface area contributed by atoms with Crippen LogP contribution in [0.25, 0.3) is 22.0 Å². The molecule has 2 aliphatic rings. The number of nitrogens with two attached hydrogens (primary N) is 1. The van der Waals surface area contributed by atoms with Crippen LogP contribution in [0.1, 0.15) is 36.8 Å². The highest BCUT2D eigenvalue weighted by Gasteiger charge is 2.35. The van der Waals surface area contributed by atoms with Gasteiger partial charge < -0.3 is 25.7 Å². The van der Waals surface area contributed by atoms with Crippen molar-refractivity contribution in [1.29, 1.82) is 0 Å². The summed E-state index contributed by atoms with van der Waals surface area (Å²) in [4.78, 5) is 17.7. The molecule has 4 aromatic rings. The van der Waals surface area contributed by atoms with Crippen molar-refractivity contribution in [3.63, 3.8) is 0 Å². The molecule has 6 rings (SSSR count). The lowest BCUT2D eigenvalue weighted by atomic mass is 9.88. The monoisotopic (exact) mass is 730 g/mol. The van der Waals surface area contributed by atoms with E-state index in [2.05, 4.69) is 47.9 Å². The Morgan fingerprint density at radius 3 is 2.30 bits per heavy atom. The second-order valence-corrected chi connectivity index (χ2v) is 14.1. The standard InChI is InChI=1S/C37H43Cl2F3N6O2/c38-32-4-1-5-33(39)31(32)24-47-18-3-17-46(20-21-47)23-26-6-11-34-29(22-26)30(27-7-9-28(10-8-27)50-37(40,41)42)25-48(34)19-2-14-45-35(49)36(43)12-15-44-16-13-36/h1,4-11,22,25,44H,2-3,12-21,23-24,43H2,(H,45,49). The van der Waals surface area contributed by atoms with Crippen LogP contribution in [-0.4, -0.2) is 78.0 Å². The lowest BCUT2D eigenvalue weighted by Gasteiger charge is -2.32. The molecule has 2 saturated heterocycles. The van der Waals surface area contributed by atoms with Crippen LogP contribution in [0.3, 0.4) is 0 Å². The summed E-state index contributed by atoms with van der Waals surface area (Å²) in [6.07, 6.45) is 0.186. The van der Waals surface area contributed by atoms with E-state index in [1.54, 1.807) is 12.1 Å². The van der Waals surface area contributed by atoms with Gasteiger partial charge >= 0.3 is 6.36 Å². The summed E-state index contributed by atoms with van der Waals surface area (Å²) in [6.45, 7) is 7.71. The number of alkyl halides is 3. The Bertz CT molecular complexity index is 1760. The van der Waals surface area contributed by atoms with Crippen LogP contribution < -0.4 is 21.1 Å². The molecular weight excluding hydrogens is 688 g/mol. The number of hydrogen-bond donors (Lipinski definition) is 3. The molecule has 1 amide bonds. The molecule has 0 bridgehead atoms. The molecule has 0 aliphatic carbocycles. The van der Waals surface area contributed by atoms with Crippen molar-refractivity contribution in [2.24, 2.45) is 5.73 Å². The molecule has 13 heteroatoms. The molecule has 0 saturated carbocycles. The SMILES string of the molecule is NC1(C(=O)NCCCn2cc(-c3ccc(OC(F)(F)F)cc3)c3cc(CN4CCCN(Cc5c(Cl)cccc5Cl)CC4)ccc32)CCNCC1. The molecule has 0 spiro atoms. The zero-order chi connectivity index (χ0) is 35.3. The highest BCUT2D eigenvalue weighted by molar-refractivity contribution is 6.36. The van der Waals surface area contributed by atoms with Gasteiger partial charge in [-0.2, -0.15) is 0 Å². The van der Waals surface area contributed by atoms with Gasteiger partial charge in [-0.25, -0.2) is 0 Å². The van der Waals surface area contributed by atoms with Crippen molar-refractivity contribution in [3.8, 4) is 16.9 Å². The number of aryl methyl sites for hydroxylation is 1. The molecule has 3 heterocycles. The third-order valence-electron chi connectivity index (χ3n) is 9.68. The molecule has 1 aromatic heterocycles. The lowest BCUT2D eigenvalue weighted by Crippen LogP contribution is -2.59. The first-order valence-corrected chi connectivity index (χ1v) is 17.9. The number of benzene rings is 3. The second-order valence-electron chi connectivity index (χ2n) is 13.3.